The van der Waals surface area contributed by atoms with Crippen LogP contribution < -0.4 is 4.74 Å². The quantitative estimate of drug-likeness (QED) is 0.563. The van der Waals surface area contributed by atoms with Gasteiger partial charge in [-0.1, -0.05) is 42.5 Å². The minimum Gasteiger partial charge on any atom is -0.410 e. The Morgan fingerprint density at radius 2 is 2.05 bits per heavy atom. The number of aromatic nitrogens is 3. The van der Waals surface area contributed by atoms with Gasteiger partial charge in [-0.25, -0.2) is 4.79 Å². The van der Waals surface area contributed by atoms with Gasteiger partial charge in [-0.15, -0.1) is 5.10 Å². The lowest BCUT2D eigenvalue weighted by molar-refractivity contribution is -0.136. The molecule has 0 aliphatic carbocycles. The Balaban J connectivity index is 1.48. The third kappa shape index (κ3) is 6.84. The van der Waals surface area contributed by atoms with Gasteiger partial charge in [-0.2, -0.15) is 0 Å². The number of nitrogens with zero attached hydrogens (tertiary/aromatic N) is 5. The zero-order valence-corrected chi connectivity index (χ0v) is 21.6. The van der Waals surface area contributed by atoms with E-state index in [0.717, 1.165) is 10.8 Å². The molecule has 0 spiro atoms. The summed E-state index contributed by atoms with van der Waals surface area (Å²) in [6, 6.07) is 13.1. The third-order valence-electron chi connectivity index (χ3n) is 6.74. The fourth-order valence-corrected chi connectivity index (χ4v) is 4.45. The smallest absolute Gasteiger partial charge is 0.410 e. The van der Waals surface area contributed by atoms with Crippen LogP contribution in [0.2, 0.25) is 0 Å². The molecule has 2 bridgehead atoms. The van der Waals surface area contributed by atoms with Crippen LogP contribution in [0.15, 0.2) is 48.7 Å². The third-order valence-corrected chi connectivity index (χ3v) is 6.74. The summed E-state index contributed by atoms with van der Waals surface area (Å²) in [5.74, 6) is 0.296. The van der Waals surface area contributed by atoms with Gasteiger partial charge < -0.3 is 24.4 Å². The normalized spacial score (nSPS) is 20.0. The molecule has 0 unspecified atom stereocenters. The first kappa shape index (κ1) is 26.6. The topological polar surface area (TPSA) is 110 Å². The molecule has 1 aliphatic heterocycles. The van der Waals surface area contributed by atoms with Crippen molar-refractivity contribution >= 4 is 22.8 Å². The molecule has 4 rings (SSSR count). The van der Waals surface area contributed by atoms with Crippen LogP contribution in [0.5, 0.6) is 5.75 Å². The molecule has 198 valence electrons. The highest BCUT2D eigenvalue weighted by Crippen LogP contribution is 2.22. The predicted octanol–water partition coefficient (Wildman–Crippen LogP) is 3.09. The number of hydrogen-bond acceptors (Lipinski definition) is 7. The van der Waals surface area contributed by atoms with Crippen molar-refractivity contribution in [1.82, 2.24) is 24.8 Å². The Hall–Kier alpha value is -3.50. The fourth-order valence-electron chi connectivity index (χ4n) is 4.45. The van der Waals surface area contributed by atoms with Gasteiger partial charge in [-0.3, -0.25) is 9.48 Å². The summed E-state index contributed by atoms with van der Waals surface area (Å²) in [7, 11) is 1.66. The van der Waals surface area contributed by atoms with Crippen molar-refractivity contribution < 1.29 is 24.2 Å². The summed E-state index contributed by atoms with van der Waals surface area (Å²) in [6.45, 7) is 5.12. The van der Waals surface area contributed by atoms with Crippen molar-refractivity contribution in [3.05, 3.63) is 54.4 Å². The van der Waals surface area contributed by atoms with Crippen LogP contribution in [-0.4, -0.2) is 80.8 Å². The van der Waals surface area contributed by atoms with Crippen molar-refractivity contribution in [3.8, 4) is 5.75 Å². The van der Waals surface area contributed by atoms with Crippen LogP contribution >= 0.6 is 0 Å². The largest absolute Gasteiger partial charge is 0.415 e. The first-order valence-corrected chi connectivity index (χ1v) is 12.7. The number of aryl methyl sites for hydroxylation is 1. The SMILES string of the molecule is C[C@@H]1CN([C@@H](C)CO)C(=O)CCCn2cc(nn2)CO[C@H]1CN(C)C(=O)Oc1ccc2ccccc2c1. The molecule has 10 nitrogen and oxygen atoms in total. The Morgan fingerprint density at radius 1 is 1.27 bits per heavy atom. The van der Waals surface area contributed by atoms with E-state index in [0.29, 0.717) is 37.4 Å². The predicted molar refractivity (Wildman–Crippen MR) is 138 cm³/mol. The molecule has 0 saturated heterocycles. The number of rotatable bonds is 5. The van der Waals surface area contributed by atoms with Crippen molar-refractivity contribution in [2.45, 2.75) is 52.0 Å². The monoisotopic (exact) mass is 509 g/mol. The van der Waals surface area contributed by atoms with Crippen LogP contribution in [0.1, 0.15) is 32.4 Å². The second-order valence-corrected chi connectivity index (χ2v) is 9.74. The van der Waals surface area contributed by atoms with Gasteiger partial charge in [0.2, 0.25) is 5.91 Å². The number of hydrogen-bond donors (Lipinski definition) is 1. The molecule has 10 heteroatoms. The van der Waals surface area contributed by atoms with Crippen LogP contribution in [0.4, 0.5) is 4.79 Å². The minimum absolute atomic E-state index is 0.0317. The zero-order valence-electron chi connectivity index (χ0n) is 21.6. The van der Waals surface area contributed by atoms with E-state index < -0.39 is 12.2 Å². The van der Waals surface area contributed by atoms with Crippen LogP contribution in [0.25, 0.3) is 10.8 Å². The highest BCUT2D eigenvalue weighted by atomic mass is 16.6. The van der Waals surface area contributed by atoms with E-state index in [4.69, 9.17) is 9.47 Å². The van der Waals surface area contributed by atoms with E-state index in [-0.39, 0.29) is 37.6 Å². The molecule has 3 aromatic rings. The number of carbonyl (C=O) groups is 2. The lowest BCUT2D eigenvalue weighted by Crippen LogP contribution is -2.48. The Kier molecular flexibility index (Phi) is 8.73. The maximum absolute atomic E-state index is 13.0. The number of fused-ring (bicyclic) bond motifs is 3. The molecule has 1 N–H and O–H groups in total. The van der Waals surface area contributed by atoms with Crippen LogP contribution in [0, 0.1) is 5.92 Å². The van der Waals surface area contributed by atoms with E-state index in [1.54, 1.807) is 22.7 Å². The molecular formula is C27H35N5O5. The standard InChI is InChI=1S/C27H35N5O5/c1-19-14-32(20(2)17-33)26(34)9-6-12-31-15-23(28-29-31)18-36-25(19)16-30(3)27(35)37-24-11-10-21-7-4-5-8-22(21)13-24/h4-5,7-8,10-11,13,15,19-20,25,33H,6,9,12,14,16-18H2,1-3H3/t19-,20+,25+/m1/s1. The van der Waals surface area contributed by atoms with Gasteiger partial charge in [0.15, 0.2) is 0 Å². The van der Waals surface area contributed by atoms with Crippen LogP contribution in [-0.2, 0) is 22.7 Å². The van der Waals surface area contributed by atoms with E-state index in [1.807, 2.05) is 56.4 Å². The van der Waals surface area contributed by atoms with Gasteiger partial charge in [-0.05, 0) is 36.2 Å². The first-order chi connectivity index (χ1) is 17.8. The lowest BCUT2D eigenvalue weighted by Gasteiger charge is -2.35. The van der Waals surface area contributed by atoms with Gasteiger partial charge in [0.25, 0.3) is 0 Å². The second kappa shape index (κ2) is 12.2. The number of benzene rings is 2. The number of amides is 2. The highest BCUT2D eigenvalue weighted by molar-refractivity contribution is 5.84. The number of carbonyl (C=O) groups excluding carboxylic acids is 2. The summed E-state index contributed by atoms with van der Waals surface area (Å²) in [5, 5.41) is 20.1. The molecule has 0 fully saturated rings. The molecule has 2 amide bonds. The average Bonchev–Trinajstić information content (AvgIpc) is 3.36. The van der Waals surface area contributed by atoms with E-state index >= 15 is 0 Å². The Morgan fingerprint density at radius 3 is 2.84 bits per heavy atom. The summed E-state index contributed by atoms with van der Waals surface area (Å²) in [6.07, 6.45) is 1.86. The highest BCUT2D eigenvalue weighted by Gasteiger charge is 2.29. The summed E-state index contributed by atoms with van der Waals surface area (Å²) < 4.78 is 13.6. The molecule has 3 atom stereocenters. The maximum Gasteiger partial charge on any atom is 0.415 e. The zero-order chi connectivity index (χ0) is 26.4. The molecule has 0 radical (unpaired) electrons. The Labute approximate surface area is 216 Å². The van der Waals surface area contributed by atoms with Crippen molar-refractivity contribution in [2.75, 3.05) is 26.7 Å². The van der Waals surface area contributed by atoms with Gasteiger partial charge in [0, 0.05) is 32.5 Å². The van der Waals surface area contributed by atoms with Crippen LogP contribution in [0.3, 0.4) is 0 Å². The molecule has 2 aromatic carbocycles. The minimum atomic E-state index is -0.503. The molecular weight excluding hydrogens is 474 g/mol. The summed E-state index contributed by atoms with van der Waals surface area (Å²) in [5.41, 5.74) is 0.685. The summed E-state index contributed by atoms with van der Waals surface area (Å²) >= 11 is 0. The lowest BCUT2D eigenvalue weighted by atomic mass is 10.0. The number of ether oxygens (including phenoxy) is 2. The molecule has 1 aliphatic rings. The average molecular weight is 510 g/mol. The molecule has 1 aromatic heterocycles. The number of aliphatic hydroxyl groups excluding tert-OH is 1. The molecule has 37 heavy (non-hydrogen) atoms. The van der Waals surface area contributed by atoms with Gasteiger partial charge in [0.05, 0.1) is 38.1 Å². The van der Waals surface area contributed by atoms with Crippen molar-refractivity contribution in [1.29, 1.82) is 0 Å². The van der Waals surface area contributed by atoms with Crippen molar-refractivity contribution in [2.24, 2.45) is 5.92 Å². The van der Waals surface area contributed by atoms with Gasteiger partial charge in [0.1, 0.15) is 11.4 Å². The molecule has 0 saturated carbocycles. The number of aliphatic hydroxyl groups is 1. The second-order valence-electron chi connectivity index (χ2n) is 9.74. The van der Waals surface area contributed by atoms with Gasteiger partial charge >= 0.3 is 6.09 Å². The first-order valence-electron chi connectivity index (χ1n) is 12.7. The van der Waals surface area contributed by atoms with E-state index in [2.05, 4.69) is 10.3 Å². The Bertz CT molecular complexity index is 1210. The fraction of sp³-hybridized carbons (Fsp3) is 0.481. The van der Waals surface area contributed by atoms with E-state index in [1.165, 1.54) is 4.90 Å². The molecule has 2 heterocycles. The number of likely N-dealkylation sites (N-methyl/N-ethyl adjacent to an activating group) is 1. The van der Waals surface area contributed by atoms with E-state index in [9.17, 15) is 14.7 Å². The summed E-state index contributed by atoms with van der Waals surface area (Å²) in [4.78, 5) is 29.1. The van der Waals surface area contributed by atoms with Crippen molar-refractivity contribution in [3.63, 3.8) is 0 Å². The maximum atomic E-state index is 13.0.